The molecule has 1 spiro atoms. The fourth-order valence-corrected chi connectivity index (χ4v) is 4.50. The van der Waals surface area contributed by atoms with Crippen LogP contribution in [0.3, 0.4) is 0 Å². The third-order valence-corrected chi connectivity index (χ3v) is 5.92. The van der Waals surface area contributed by atoms with Crippen LogP contribution in [0.25, 0.3) is 0 Å². The summed E-state index contributed by atoms with van der Waals surface area (Å²) in [6, 6.07) is 17.0. The smallest absolute Gasteiger partial charge is 0.223 e. The summed E-state index contributed by atoms with van der Waals surface area (Å²) in [5, 5.41) is 0. The van der Waals surface area contributed by atoms with E-state index in [2.05, 4.69) is 24.0 Å². The van der Waals surface area contributed by atoms with Crippen LogP contribution in [0.15, 0.2) is 54.6 Å². The van der Waals surface area contributed by atoms with Gasteiger partial charge in [0.2, 0.25) is 5.91 Å². The summed E-state index contributed by atoms with van der Waals surface area (Å²) in [4.78, 5) is 17.2. The second-order valence-electron chi connectivity index (χ2n) is 8.18. The molecule has 0 unspecified atom stereocenters. The van der Waals surface area contributed by atoms with Crippen molar-refractivity contribution in [2.24, 2.45) is 5.41 Å². The fourth-order valence-electron chi connectivity index (χ4n) is 4.50. The van der Waals surface area contributed by atoms with Gasteiger partial charge in [-0.3, -0.25) is 9.69 Å². The van der Waals surface area contributed by atoms with Crippen molar-refractivity contribution in [1.82, 2.24) is 9.80 Å². The Bertz CT molecular complexity index is 828. The van der Waals surface area contributed by atoms with Gasteiger partial charge in [-0.05, 0) is 30.2 Å². The monoisotopic (exact) mass is 382 g/mol. The average molecular weight is 382 g/mol. The lowest BCUT2D eigenvalue weighted by atomic mass is 9.87. The van der Waals surface area contributed by atoms with E-state index in [1.54, 1.807) is 12.1 Å². The zero-order valence-corrected chi connectivity index (χ0v) is 16.3. The molecule has 0 bridgehead atoms. The van der Waals surface area contributed by atoms with Crippen molar-refractivity contribution < 1.29 is 13.9 Å². The molecule has 2 aromatic rings. The Labute approximate surface area is 165 Å². The number of carbonyl (C=O) groups excluding carboxylic acids is 1. The second-order valence-corrected chi connectivity index (χ2v) is 8.18. The molecule has 4 nitrogen and oxygen atoms in total. The number of likely N-dealkylation sites (tertiary alicyclic amines) is 1. The Hall–Kier alpha value is -2.24. The Morgan fingerprint density at radius 3 is 2.75 bits per heavy atom. The van der Waals surface area contributed by atoms with Gasteiger partial charge in [-0.25, -0.2) is 4.39 Å². The molecular weight excluding hydrogens is 355 g/mol. The van der Waals surface area contributed by atoms with Crippen LogP contribution in [0.5, 0.6) is 0 Å². The number of rotatable bonds is 4. The van der Waals surface area contributed by atoms with Gasteiger partial charge in [0.05, 0.1) is 19.3 Å². The molecule has 2 atom stereocenters. The predicted octanol–water partition coefficient (Wildman–Crippen LogP) is 3.64. The molecule has 2 aliphatic heterocycles. The van der Waals surface area contributed by atoms with E-state index in [9.17, 15) is 9.18 Å². The third kappa shape index (κ3) is 4.10. The lowest BCUT2D eigenvalue weighted by Gasteiger charge is -2.33. The number of amides is 1. The summed E-state index contributed by atoms with van der Waals surface area (Å²) in [7, 11) is 0. The Morgan fingerprint density at radius 1 is 1.14 bits per heavy atom. The summed E-state index contributed by atoms with van der Waals surface area (Å²) in [5.41, 5.74) is 1.90. The number of carbonyl (C=O) groups is 1. The van der Waals surface area contributed by atoms with Crippen LogP contribution >= 0.6 is 0 Å². The largest absolute Gasteiger partial charge is 0.379 e. The van der Waals surface area contributed by atoms with Gasteiger partial charge in [-0.15, -0.1) is 0 Å². The SMILES string of the molecule is C[C@@H](c1ccccc1)N1C[C@]2(COCCN(Cc3cccc(F)c3)C2)CC1=O. The topological polar surface area (TPSA) is 32.8 Å². The van der Waals surface area contributed by atoms with E-state index in [0.29, 0.717) is 32.7 Å². The number of hydrogen-bond donors (Lipinski definition) is 0. The highest BCUT2D eigenvalue weighted by molar-refractivity contribution is 5.80. The van der Waals surface area contributed by atoms with Crippen LogP contribution in [-0.2, 0) is 16.1 Å². The first kappa shape index (κ1) is 19.1. The van der Waals surface area contributed by atoms with Gasteiger partial charge in [-0.1, -0.05) is 42.5 Å². The van der Waals surface area contributed by atoms with Crippen molar-refractivity contribution in [3.05, 3.63) is 71.5 Å². The Balaban J connectivity index is 1.49. The second kappa shape index (κ2) is 8.02. The van der Waals surface area contributed by atoms with Gasteiger partial charge in [-0.2, -0.15) is 0 Å². The van der Waals surface area contributed by atoms with E-state index < -0.39 is 0 Å². The molecule has 148 valence electrons. The van der Waals surface area contributed by atoms with Gasteiger partial charge in [0, 0.05) is 38.0 Å². The highest BCUT2D eigenvalue weighted by Crippen LogP contribution is 2.38. The van der Waals surface area contributed by atoms with Crippen LogP contribution in [0.1, 0.15) is 30.5 Å². The zero-order chi connectivity index (χ0) is 19.6. The summed E-state index contributed by atoms with van der Waals surface area (Å²) in [5.74, 6) is -0.0234. The molecule has 4 rings (SSSR count). The molecule has 0 aliphatic carbocycles. The number of hydrogen-bond acceptors (Lipinski definition) is 3. The molecule has 2 saturated heterocycles. The van der Waals surface area contributed by atoms with Gasteiger partial charge >= 0.3 is 0 Å². The zero-order valence-electron chi connectivity index (χ0n) is 16.3. The van der Waals surface area contributed by atoms with Crippen molar-refractivity contribution in [2.45, 2.75) is 25.9 Å². The molecule has 2 aliphatic rings. The summed E-state index contributed by atoms with van der Waals surface area (Å²) in [6.07, 6.45) is 0.504. The molecule has 0 aromatic heterocycles. The van der Waals surface area contributed by atoms with E-state index in [-0.39, 0.29) is 23.2 Å². The van der Waals surface area contributed by atoms with Gasteiger partial charge < -0.3 is 9.64 Å². The molecule has 0 saturated carbocycles. The van der Waals surface area contributed by atoms with Gasteiger partial charge in [0.1, 0.15) is 5.82 Å². The Morgan fingerprint density at radius 2 is 1.96 bits per heavy atom. The van der Waals surface area contributed by atoms with Crippen LogP contribution in [-0.4, -0.2) is 48.6 Å². The molecular formula is C23H27FN2O2. The minimum absolute atomic E-state index is 0.0491. The average Bonchev–Trinajstić information content (AvgIpc) is 2.88. The number of ether oxygens (including phenoxy) is 1. The molecule has 28 heavy (non-hydrogen) atoms. The number of halogens is 1. The third-order valence-electron chi connectivity index (χ3n) is 5.92. The molecule has 2 heterocycles. The lowest BCUT2D eigenvalue weighted by Crippen LogP contribution is -2.40. The number of nitrogens with zero attached hydrogens (tertiary/aromatic N) is 2. The highest BCUT2D eigenvalue weighted by atomic mass is 19.1. The molecule has 1 amide bonds. The van der Waals surface area contributed by atoms with Crippen molar-refractivity contribution in [1.29, 1.82) is 0 Å². The maximum Gasteiger partial charge on any atom is 0.223 e. The molecule has 2 fully saturated rings. The van der Waals surface area contributed by atoms with E-state index in [1.807, 2.05) is 29.2 Å². The van der Waals surface area contributed by atoms with Crippen molar-refractivity contribution in [3.8, 4) is 0 Å². The van der Waals surface area contributed by atoms with Crippen LogP contribution in [0.4, 0.5) is 4.39 Å². The summed E-state index contributed by atoms with van der Waals surface area (Å²) >= 11 is 0. The molecule has 2 aromatic carbocycles. The normalized spacial score (nSPS) is 24.5. The first-order valence-electron chi connectivity index (χ1n) is 9.94. The fraction of sp³-hybridized carbons (Fsp3) is 0.435. The number of benzene rings is 2. The summed E-state index contributed by atoms with van der Waals surface area (Å²) in [6.45, 7) is 6.27. The minimum atomic E-state index is -0.211. The summed E-state index contributed by atoms with van der Waals surface area (Å²) < 4.78 is 19.5. The standard InChI is InChI=1S/C23H27FN2O2/c1-18(20-7-3-2-4-8-20)26-16-23(13-22(26)27)15-25(10-11-28-17-23)14-19-6-5-9-21(24)12-19/h2-9,12,18H,10-11,13-17H2,1H3/t18-,23-/m0/s1. The van der Waals surface area contributed by atoms with Gasteiger partial charge in [0.15, 0.2) is 0 Å². The van der Waals surface area contributed by atoms with Crippen molar-refractivity contribution >= 4 is 5.91 Å². The van der Waals surface area contributed by atoms with Crippen molar-refractivity contribution in [2.75, 3.05) is 32.8 Å². The van der Waals surface area contributed by atoms with E-state index in [0.717, 1.165) is 24.2 Å². The molecule has 0 radical (unpaired) electrons. The highest BCUT2D eigenvalue weighted by Gasteiger charge is 2.46. The van der Waals surface area contributed by atoms with Crippen LogP contribution in [0, 0.1) is 11.2 Å². The van der Waals surface area contributed by atoms with E-state index in [1.165, 1.54) is 6.07 Å². The Kier molecular flexibility index (Phi) is 5.47. The maximum atomic E-state index is 13.6. The van der Waals surface area contributed by atoms with Crippen LogP contribution in [0.2, 0.25) is 0 Å². The predicted molar refractivity (Wildman–Crippen MR) is 106 cm³/mol. The van der Waals surface area contributed by atoms with Crippen LogP contribution < -0.4 is 0 Å². The van der Waals surface area contributed by atoms with Crippen molar-refractivity contribution in [3.63, 3.8) is 0 Å². The minimum Gasteiger partial charge on any atom is -0.379 e. The van der Waals surface area contributed by atoms with E-state index >= 15 is 0 Å². The quantitative estimate of drug-likeness (QED) is 0.809. The van der Waals surface area contributed by atoms with Gasteiger partial charge in [0.25, 0.3) is 0 Å². The molecule has 0 N–H and O–H groups in total. The molecule has 5 heteroatoms. The lowest BCUT2D eigenvalue weighted by molar-refractivity contribution is -0.129. The first-order valence-corrected chi connectivity index (χ1v) is 9.94. The van der Waals surface area contributed by atoms with E-state index in [4.69, 9.17) is 4.74 Å². The maximum absolute atomic E-state index is 13.6. The first-order chi connectivity index (χ1) is 13.5.